The van der Waals surface area contributed by atoms with Crippen LogP contribution < -0.4 is 9.47 Å². The number of methoxy groups -OCH3 is 1. The first-order valence-corrected chi connectivity index (χ1v) is 12.6. The minimum atomic E-state index is -3.87. The average molecular weight is 495 g/mol. The molecule has 0 unspecified atom stereocenters. The van der Waals surface area contributed by atoms with Crippen LogP contribution in [0.3, 0.4) is 0 Å². The van der Waals surface area contributed by atoms with E-state index in [1.165, 1.54) is 34.4 Å². The molecule has 9 nitrogen and oxygen atoms in total. The number of aryl methyl sites for hydroxylation is 1. The quantitative estimate of drug-likeness (QED) is 0.269. The third-order valence-electron chi connectivity index (χ3n) is 5.54. The highest BCUT2D eigenvalue weighted by atomic mass is 32.2. The summed E-state index contributed by atoms with van der Waals surface area (Å²) in [5.41, 5.74) is 2.89. The molecule has 1 aromatic heterocycles. The van der Waals surface area contributed by atoms with Gasteiger partial charge in [0, 0.05) is 13.1 Å². The van der Waals surface area contributed by atoms with Gasteiger partial charge in [-0.05, 0) is 55.0 Å². The Morgan fingerprint density at radius 1 is 0.943 bits per heavy atom. The average Bonchev–Trinajstić information content (AvgIpc) is 3.29. The van der Waals surface area contributed by atoms with E-state index in [9.17, 15) is 13.2 Å². The lowest BCUT2D eigenvalue weighted by Crippen LogP contribution is -2.31. The van der Waals surface area contributed by atoms with Gasteiger partial charge in [0.25, 0.3) is 0 Å². The summed E-state index contributed by atoms with van der Waals surface area (Å²) >= 11 is 0. The molecule has 3 aromatic carbocycles. The fourth-order valence-corrected chi connectivity index (χ4v) is 5.34. The van der Waals surface area contributed by atoms with Crippen LogP contribution in [0.1, 0.15) is 29.8 Å². The molecule has 0 saturated carbocycles. The zero-order valence-corrected chi connectivity index (χ0v) is 20.7. The number of benzene rings is 3. The van der Waals surface area contributed by atoms with E-state index >= 15 is 0 Å². The molecule has 0 fully saturated rings. The van der Waals surface area contributed by atoms with Crippen molar-refractivity contribution in [3.05, 3.63) is 71.8 Å². The van der Waals surface area contributed by atoms with Crippen LogP contribution in [0.25, 0.3) is 16.7 Å². The Morgan fingerprint density at radius 3 is 2.17 bits per heavy atom. The van der Waals surface area contributed by atoms with Gasteiger partial charge in [-0.1, -0.05) is 32.0 Å². The lowest BCUT2D eigenvalue weighted by molar-refractivity contribution is 0.0734. The standard InChI is InChI=1S/C25H26N4O5S/c1-5-28(6-2)35(31,32)24-16-18(12-14-23(24)33-4)25(30)34-22-13-11-17(3)15-21(22)29-26-19-9-7-8-10-20(19)27-29/h7-16H,5-6H2,1-4H3. The number of nitrogens with zero attached hydrogens (tertiary/aromatic N) is 4. The van der Waals surface area contributed by atoms with Crippen molar-refractivity contribution in [2.24, 2.45) is 0 Å². The number of ether oxygens (including phenoxy) is 2. The lowest BCUT2D eigenvalue weighted by Gasteiger charge is -2.20. The lowest BCUT2D eigenvalue weighted by atomic mass is 10.2. The van der Waals surface area contributed by atoms with Gasteiger partial charge in [-0.15, -0.1) is 15.0 Å². The Hall–Kier alpha value is -3.76. The largest absolute Gasteiger partial charge is 0.495 e. The molecule has 0 radical (unpaired) electrons. The fraction of sp³-hybridized carbons (Fsp3) is 0.240. The Morgan fingerprint density at radius 2 is 1.57 bits per heavy atom. The van der Waals surface area contributed by atoms with Gasteiger partial charge in [0.15, 0.2) is 5.75 Å². The second-order valence-corrected chi connectivity index (χ2v) is 9.70. The van der Waals surface area contributed by atoms with Gasteiger partial charge >= 0.3 is 5.97 Å². The van der Waals surface area contributed by atoms with Crippen LogP contribution in [0.4, 0.5) is 0 Å². The molecule has 0 bridgehead atoms. The summed E-state index contributed by atoms with van der Waals surface area (Å²) in [7, 11) is -2.48. The number of rotatable bonds is 8. The number of carbonyl (C=O) groups excluding carboxylic acids is 1. The molecule has 182 valence electrons. The summed E-state index contributed by atoms with van der Waals surface area (Å²) in [5.74, 6) is -0.327. The van der Waals surface area contributed by atoms with E-state index in [2.05, 4.69) is 10.2 Å². The van der Waals surface area contributed by atoms with Crippen LogP contribution in [-0.4, -0.2) is 53.9 Å². The summed E-state index contributed by atoms with van der Waals surface area (Å²) in [5, 5.41) is 8.97. The van der Waals surface area contributed by atoms with Crippen molar-refractivity contribution in [1.82, 2.24) is 19.3 Å². The molecule has 0 atom stereocenters. The van der Waals surface area contributed by atoms with Crippen LogP contribution in [0.15, 0.2) is 65.6 Å². The third kappa shape index (κ3) is 4.75. The number of hydrogen-bond donors (Lipinski definition) is 0. The van der Waals surface area contributed by atoms with Crippen molar-refractivity contribution >= 4 is 27.0 Å². The van der Waals surface area contributed by atoms with Crippen molar-refractivity contribution in [2.45, 2.75) is 25.7 Å². The SMILES string of the molecule is CCN(CC)S(=O)(=O)c1cc(C(=O)Oc2ccc(C)cc2-n2nc3ccccc3n2)ccc1OC. The van der Waals surface area contributed by atoms with E-state index in [0.717, 1.165) is 5.56 Å². The molecular formula is C25H26N4O5S. The maximum atomic E-state index is 13.1. The molecule has 0 amide bonds. The first-order valence-electron chi connectivity index (χ1n) is 11.1. The van der Waals surface area contributed by atoms with Gasteiger partial charge in [0.05, 0.1) is 12.7 Å². The van der Waals surface area contributed by atoms with Gasteiger partial charge < -0.3 is 9.47 Å². The molecule has 0 aliphatic carbocycles. The number of sulfonamides is 1. The molecule has 4 rings (SSSR count). The van der Waals surface area contributed by atoms with Crippen LogP contribution in [0.2, 0.25) is 0 Å². The maximum Gasteiger partial charge on any atom is 0.343 e. The molecule has 0 spiro atoms. The van der Waals surface area contributed by atoms with E-state index in [4.69, 9.17) is 9.47 Å². The molecule has 0 aliphatic heterocycles. The predicted octanol–water partition coefficient (Wildman–Crippen LogP) is 3.99. The normalized spacial score (nSPS) is 11.7. The number of aromatic nitrogens is 3. The Kier molecular flexibility index (Phi) is 6.86. The zero-order valence-electron chi connectivity index (χ0n) is 19.9. The molecule has 4 aromatic rings. The van der Waals surface area contributed by atoms with Crippen molar-refractivity contribution < 1.29 is 22.7 Å². The van der Waals surface area contributed by atoms with Crippen LogP contribution >= 0.6 is 0 Å². The summed E-state index contributed by atoms with van der Waals surface area (Å²) in [6.07, 6.45) is 0. The van der Waals surface area contributed by atoms with Crippen molar-refractivity contribution in [3.63, 3.8) is 0 Å². The highest BCUT2D eigenvalue weighted by molar-refractivity contribution is 7.89. The van der Waals surface area contributed by atoms with Gasteiger partial charge in [0.2, 0.25) is 10.0 Å². The van der Waals surface area contributed by atoms with Gasteiger partial charge in [-0.25, -0.2) is 13.2 Å². The molecule has 10 heteroatoms. The van der Waals surface area contributed by atoms with E-state index in [0.29, 0.717) is 16.7 Å². The van der Waals surface area contributed by atoms with Gasteiger partial charge in [-0.3, -0.25) is 0 Å². The number of esters is 1. The monoisotopic (exact) mass is 494 g/mol. The first kappa shape index (κ1) is 24.4. The number of carbonyl (C=O) groups is 1. The smallest absolute Gasteiger partial charge is 0.343 e. The molecule has 1 heterocycles. The third-order valence-corrected chi connectivity index (χ3v) is 7.61. The highest BCUT2D eigenvalue weighted by Crippen LogP contribution is 2.30. The van der Waals surface area contributed by atoms with Gasteiger partial charge in [0.1, 0.15) is 27.4 Å². The van der Waals surface area contributed by atoms with E-state index in [1.54, 1.807) is 26.0 Å². The van der Waals surface area contributed by atoms with Crippen molar-refractivity contribution in [2.75, 3.05) is 20.2 Å². The minimum Gasteiger partial charge on any atom is -0.495 e. The zero-order chi connectivity index (χ0) is 25.2. The first-order chi connectivity index (χ1) is 16.8. The molecular weight excluding hydrogens is 468 g/mol. The van der Waals surface area contributed by atoms with Crippen LogP contribution in [-0.2, 0) is 10.0 Å². The minimum absolute atomic E-state index is 0.0710. The highest BCUT2D eigenvalue weighted by Gasteiger charge is 2.27. The Bertz CT molecular complexity index is 1460. The van der Waals surface area contributed by atoms with Crippen LogP contribution in [0.5, 0.6) is 11.5 Å². The molecule has 0 aliphatic rings. The fourth-order valence-electron chi connectivity index (χ4n) is 3.70. The van der Waals surface area contributed by atoms with E-state index in [-0.39, 0.29) is 35.0 Å². The summed E-state index contributed by atoms with van der Waals surface area (Å²) in [4.78, 5) is 14.4. The molecule has 35 heavy (non-hydrogen) atoms. The second kappa shape index (κ2) is 9.85. The van der Waals surface area contributed by atoms with Crippen LogP contribution in [0, 0.1) is 6.92 Å². The van der Waals surface area contributed by atoms with E-state index < -0.39 is 16.0 Å². The maximum absolute atomic E-state index is 13.1. The van der Waals surface area contributed by atoms with Gasteiger partial charge in [-0.2, -0.15) is 4.31 Å². The summed E-state index contributed by atoms with van der Waals surface area (Å²) < 4.78 is 38.6. The van der Waals surface area contributed by atoms with E-state index in [1.807, 2.05) is 37.3 Å². The summed E-state index contributed by atoms with van der Waals surface area (Å²) in [6.45, 7) is 5.98. The summed E-state index contributed by atoms with van der Waals surface area (Å²) in [6, 6.07) is 16.9. The number of hydrogen-bond acceptors (Lipinski definition) is 7. The number of fused-ring (bicyclic) bond motifs is 1. The Balaban J connectivity index is 1.72. The van der Waals surface area contributed by atoms with Crippen molar-refractivity contribution in [1.29, 1.82) is 0 Å². The van der Waals surface area contributed by atoms with Crippen molar-refractivity contribution in [3.8, 4) is 17.2 Å². The predicted molar refractivity (Wildman–Crippen MR) is 132 cm³/mol. The Labute approximate surface area is 203 Å². The molecule has 0 saturated heterocycles. The molecule has 0 N–H and O–H groups in total. The second-order valence-electron chi connectivity index (χ2n) is 7.79. The topological polar surface area (TPSA) is 104 Å².